The Bertz CT molecular complexity index is 813. The third kappa shape index (κ3) is 2.63. The summed E-state index contributed by atoms with van der Waals surface area (Å²) in [5.74, 6) is 1.70. The molecule has 0 spiro atoms. The Labute approximate surface area is 129 Å². The number of benzene rings is 3. The molecule has 1 aliphatic heterocycles. The summed E-state index contributed by atoms with van der Waals surface area (Å²) in [6.45, 7) is 2.24. The zero-order valence-electron chi connectivity index (χ0n) is 12.3. The first-order valence-corrected chi connectivity index (χ1v) is 7.56. The fourth-order valence-electron chi connectivity index (χ4n) is 2.84. The number of rotatable bonds is 4. The highest BCUT2D eigenvalue weighted by Crippen LogP contribution is 2.32. The molecule has 0 radical (unpaired) electrons. The van der Waals surface area contributed by atoms with E-state index in [1.807, 2.05) is 6.07 Å². The number of hydrogen-bond acceptors (Lipinski definition) is 2. The summed E-state index contributed by atoms with van der Waals surface area (Å²) in [5.41, 5.74) is 2.60. The van der Waals surface area contributed by atoms with Gasteiger partial charge in [-0.05, 0) is 35.0 Å². The molecular weight excluding hydrogens is 274 g/mol. The second kappa shape index (κ2) is 5.70. The number of hydrogen-bond donors (Lipinski definition) is 1. The smallest absolute Gasteiger partial charge is 0.231 e. The van der Waals surface area contributed by atoms with Crippen molar-refractivity contribution in [1.82, 2.24) is 0 Å². The van der Waals surface area contributed by atoms with Gasteiger partial charge >= 0.3 is 0 Å². The first-order chi connectivity index (χ1) is 10.9. The molecule has 110 valence electrons. The van der Waals surface area contributed by atoms with Crippen LogP contribution in [0.5, 0.6) is 11.5 Å². The first-order valence-electron chi connectivity index (χ1n) is 7.56. The lowest BCUT2D eigenvalue weighted by atomic mass is 10.1. The van der Waals surface area contributed by atoms with Crippen molar-refractivity contribution in [3.05, 3.63) is 71.8 Å². The topological polar surface area (TPSA) is 35.1 Å². The molecule has 0 saturated heterocycles. The Morgan fingerprint density at radius 1 is 0.727 bits per heavy atom. The third-order valence-corrected chi connectivity index (χ3v) is 4.01. The zero-order chi connectivity index (χ0) is 14.8. The van der Waals surface area contributed by atoms with Crippen LogP contribution in [0.3, 0.4) is 0 Å². The number of quaternary nitrogens is 1. The summed E-state index contributed by atoms with van der Waals surface area (Å²) < 4.78 is 10.8. The van der Waals surface area contributed by atoms with E-state index >= 15 is 0 Å². The molecule has 1 aliphatic rings. The van der Waals surface area contributed by atoms with Crippen LogP contribution in [0.2, 0.25) is 0 Å². The van der Waals surface area contributed by atoms with Gasteiger partial charge in [0.2, 0.25) is 6.79 Å². The van der Waals surface area contributed by atoms with Gasteiger partial charge < -0.3 is 14.8 Å². The van der Waals surface area contributed by atoms with Crippen LogP contribution in [0.25, 0.3) is 10.8 Å². The lowest BCUT2D eigenvalue weighted by Crippen LogP contribution is -2.80. The van der Waals surface area contributed by atoms with Crippen molar-refractivity contribution >= 4 is 10.8 Å². The van der Waals surface area contributed by atoms with Crippen molar-refractivity contribution in [2.45, 2.75) is 13.1 Å². The molecule has 3 nitrogen and oxygen atoms in total. The minimum atomic E-state index is 0.333. The summed E-state index contributed by atoms with van der Waals surface area (Å²) in [4.78, 5) is 0. The van der Waals surface area contributed by atoms with Crippen molar-refractivity contribution in [2.75, 3.05) is 6.79 Å². The predicted octanol–water partition coefficient (Wildman–Crippen LogP) is 2.83. The molecular formula is C19H18NO2+. The van der Waals surface area contributed by atoms with E-state index in [0.717, 1.165) is 24.6 Å². The molecule has 0 bridgehead atoms. The van der Waals surface area contributed by atoms with E-state index in [9.17, 15) is 0 Å². The summed E-state index contributed by atoms with van der Waals surface area (Å²) in [7, 11) is 0. The zero-order valence-corrected chi connectivity index (χ0v) is 12.3. The Morgan fingerprint density at radius 3 is 2.36 bits per heavy atom. The molecule has 3 heteroatoms. The van der Waals surface area contributed by atoms with E-state index in [2.05, 4.69) is 59.9 Å². The summed E-state index contributed by atoms with van der Waals surface area (Å²) in [6.07, 6.45) is 0. The van der Waals surface area contributed by atoms with E-state index < -0.39 is 0 Å². The highest BCUT2D eigenvalue weighted by Gasteiger charge is 2.13. The lowest BCUT2D eigenvalue weighted by Gasteiger charge is -2.05. The number of ether oxygens (including phenoxy) is 2. The lowest BCUT2D eigenvalue weighted by molar-refractivity contribution is -0.686. The van der Waals surface area contributed by atoms with Gasteiger partial charge in [-0.25, -0.2) is 0 Å². The monoisotopic (exact) mass is 292 g/mol. The van der Waals surface area contributed by atoms with E-state index in [0.29, 0.717) is 6.79 Å². The SMILES string of the molecule is c1ccc2cc(C[NH2+]Cc3ccc4c(c3)OCO4)ccc2c1. The average molecular weight is 292 g/mol. The molecule has 3 aromatic carbocycles. The van der Waals surface area contributed by atoms with Crippen LogP contribution >= 0.6 is 0 Å². The maximum absolute atomic E-state index is 5.42. The van der Waals surface area contributed by atoms with Gasteiger partial charge in [-0.1, -0.05) is 36.4 Å². The predicted molar refractivity (Wildman–Crippen MR) is 85.8 cm³/mol. The fraction of sp³-hybridized carbons (Fsp3) is 0.158. The van der Waals surface area contributed by atoms with Crippen molar-refractivity contribution in [3.8, 4) is 11.5 Å². The van der Waals surface area contributed by atoms with Crippen LogP contribution in [0.4, 0.5) is 0 Å². The molecule has 2 N–H and O–H groups in total. The summed E-state index contributed by atoms with van der Waals surface area (Å²) in [6, 6.07) is 21.3. The molecule has 0 aliphatic carbocycles. The van der Waals surface area contributed by atoms with Crippen LogP contribution in [0.1, 0.15) is 11.1 Å². The number of nitrogens with two attached hydrogens (primary N) is 1. The second-order valence-corrected chi connectivity index (χ2v) is 5.57. The van der Waals surface area contributed by atoms with Gasteiger partial charge in [-0.2, -0.15) is 0 Å². The van der Waals surface area contributed by atoms with Gasteiger partial charge in [0.25, 0.3) is 0 Å². The minimum absolute atomic E-state index is 0.333. The van der Waals surface area contributed by atoms with E-state index in [1.165, 1.54) is 21.9 Å². The van der Waals surface area contributed by atoms with E-state index in [1.54, 1.807) is 0 Å². The van der Waals surface area contributed by atoms with Gasteiger partial charge in [-0.3, -0.25) is 0 Å². The fourth-order valence-corrected chi connectivity index (χ4v) is 2.84. The van der Waals surface area contributed by atoms with Crippen LogP contribution in [0.15, 0.2) is 60.7 Å². The molecule has 0 saturated carbocycles. The third-order valence-electron chi connectivity index (χ3n) is 4.01. The van der Waals surface area contributed by atoms with E-state index in [4.69, 9.17) is 9.47 Å². The maximum atomic E-state index is 5.42. The van der Waals surface area contributed by atoms with Gasteiger partial charge in [0, 0.05) is 11.1 Å². The van der Waals surface area contributed by atoms with E-state index in [-0.39, 0.29) is 0 Å². The van der Waals surface area contributed by atoms with Crippen molar-refractivity contribution < 1.29 is 14.8 Å². The largest absolute Gasteiger partial charge is 0.454 e. The quantitative estimate of drug-likeness (QED) is 0.802. The first kappa shape index (κ1) is 13.2. The molecule has 22 heavy (non-hydrogen) atoms. The van der Waals surface area contributed by atoms with Crippen molar-refractivity contribution in [2.24, 2.45) is 0 Å². The second-order valence-electron chi connectivity index (χ2n) is 5.57. The average Bonchev–Trinajstić information content (AvgIpc) is 3.02. The minimum Gasteiger partial charge on any atom is -0.454 e. The highest BCUT2D eigenvalue weighted by molar-refractivity contribution is 5.82. The summed E-state index contributed by atoms with van der Waals surface area (Å²) >= 11 is 0. The maximum Gasteiger partial charge on any atom is 0.231 e. The van der Waals surface area contributed by atoms with Gasteiger partial charge in [0.05, 0.1) is 0 Å². The Kier molecular flexibility index (Phi) is 3.41. The molecule has 0 amide bonds. The Morgan fingerprint density at radius 2 is 1.45 bits per heavy atom. The highest BCUT2D eigenvalue weighted by atomic mass is 16.7. The Balaban J connectivity index is 1.41. The van der Waals surface area contributed by atoms with Crippen LogP contribution in [0, 0.1) is 0 Å². The Hall–Kier alpha value is -2.52. The van der Waals surface area contributed by atoms with Crippen LogP contribution < -0.4 is 14.8 Å². The summed E-state index contributed by atoms with van der Waals surface area (Å²) in [5, 5.41) is 4.90. The van der Waals surface area contributed by atoms with Crippen molar-refractivity contribution in [1.29, 1.82) is 0 Å². The van der Waals surface area contributed by atoms with Gasteiger partial charge in [0.1, 0.15) is 13.1 Å². The molecule has 3 aromatic rings. The van der Waals surface area contributed by atoms with Crippen LogP contribution in [-0.2, 0) is 13.1 Å². The standard InChI is InChI=1S/C19H17NO2/c1-2-4-17-9-14(5-7-16(17)3-1)11-20-12-15-6-8-18-19(10-15)22-13-21-18/h1-10,20H,11-13H2/p+1. The van der Waals surface area contributed by atoms with Crippen LogP contribution in [-0.4, -0.2) is 6.79 Å². The number of fused-ring (bicyclic) bond motifs is 2. The van der Waals surface area contributed by atoms with Gasteiger partial charge in [0.15, 0.2) is 11.5 Å². The molecule has 0 unspecified atom stereocenters. The van der Waals surface area contributed by atoms with Crippen molar-refractivity contribution in [3.63, 3.8) is 0 Å². The molecule has 1 heterocycles. The molecule has 4 rings (SSSR count). The molecule has 0 aromatic heterocycles. The normalized spacial score (nSPS) is 12.7. The van der Waals surface area contributed by atoms with Gasteiger partial charge in [-0.15, -0.1) is 0 Å². The molecule has 0 fully saturated rings. The molecule has 0 atom stereocenters.